The zero-order chi connectivity index (χ0) is 20.3. The Balaban J connectivity index is 1.82. The number of benzene rings is 2. The van der Waals surface area contributed by atoms with E-state index in [4.69, 9.17) is 16.3 Å². The molecule has 10 heteroatoms. The van der Waals surface area contributed by atoms with Crippen LogP contribution in [0.3, 0.4) is 0 Å². The normalized spacial score (nSPS) is 11.1. The highest BCUT2D eigenvalue weighted by molar-refractivity contribution is 7.21. The Morgan fingerprint density at radius 1 is 1.43 bits per heavy atom. The summed E-state index contributed by atoms with van der Waals surface area (Å²) in [5.41, 5.74) is 2.10. The molecule has 0 aliphatic rings. The third kappa shape index (κ3) is 3.90. The first-order chi connectivity index (χ1) is 13.4. The summed E-state index contributed by atoms with van der Waals surface area (Å²) < 4.78 is 6.07. The number of thiophene rings is 1. The van der Waals surface area contributed by atoms with Gasteiger partial charge < -0.3 is 9.84 Å². The molecule has 2 N–H and O–H groups in total. The number of phenolic OH excluding ortho intramolecular Hbond substituents is 1. The molecule has 0 radical (unpaired) electrons. The molecule has 2 aromatic carbocycles. The van der Waals surface area contributed by atoms with Gasteiger partial charge in [-0.3, -0.25) is 14.9 Å². The maximum absolute atomic E-state index is 12.4. The van der Waals surface area contributed by atoms with E-state index in [1.807, 2.05) is 24.3 Å². The fraction of sp³-hybridized carbons (Fsp3) is 0.111. The van der Waals surface area contributed by atoms with Crippen molar-refractivity contribution < 1.29 is 19.6 Å². The summed E-state index contributed by atoms with van der Waals surface area (Å²) in [4.78, 5) is 23.0. The number of fused-ring (bicyclic) bond motifs is 1. The number of phenols is 1. The molecule has 0 bridgehead atoms. The predicted octanol–water partition coefficient (Wildman–Crippen LogP) is 4.33. The first kappa shape index (κ1) is 19.6. The van der Waals surface area contributed by atoms with Gasteiger partial charge >= 0.3 is 5.69 Å². The molecule has 3 aromatic rings. The van der Waals surface area contributed by atoms with E-state index in [0.29, 0.717) is 9.90 Å². The number of ether oxygens (including phenoxy) is 1. The lowest BCUT2D eigenvalue weighted by molar-refractivity contribution is -0.386. The van der Waals surface area contributed by atoms with Crippen LogP contribution in [0.5, 0.6) is 11.5 Å². The van der Waals surface area contributed by atoms with E-state index in [9.17, 15) is 20.0 Å². The standard InChI is InChI=1S/C18H14ClN3O5S/c1-2-27-13-8-10(7-12(16(13)23)22(25)26)9-20-21-18(24)17-15(19)11-5-3-4-6-14(11)28-17/h3-9,23H,2H2,1H3,(H,21,24)/b20-9-. The van der Waals surface area contributed by atoms with Gasteiger partial charge in [-0.2, -0.15) is 5.10 Å². The Morgan fingerprint density at radius 2 is 2.18 bits per heavy atom. The smallest absolute Gasteiger partial charge is 0.315 e. The van der Waals surface area contributed by atoms with E-state index in [0.717, 1.165) is 16.2 Å². The molecular formula is C18H14ClN3O5S. The third-order valence-corrected chi connectivity index (χ3v) is 5.37. The average Bonchev–Trinajstić information content (AvgIpc) is 3.01. The lowest BCUT2D eigenvalue weighted by atomic mass is 10.2. The van der Waals surface area contributed by atoms with Crippen LogP contribution in [0.1, 0.15) is 22.2 Å². The third-order valence-electron chi connectivity index (χ3n) is 3.69. The number of nitrogens with zero attached hydrogens (tertiary/aromatic N) is 2. The maximum atomic E-state index is 12.4. The molecule has 144 valence electrons. The molecule has 0 spiro atoms. The number of hydrogen-bond acceptors (Lipinski definition) is 7. The quantitative estimate of drug-likeness (QED) is 0.350. The number of hydrogen-bond donors (Lipinski definition) is 2. The molecule has 0 saturated carbocycles. The van der Waals surface area contributed by atoms with Crippen molar-refractivity contribution in [2.24, 2.45) is 5.10 Å². The summed E-state index contributed by atoms with van der Waals surface area (Å²) in [7, 11) is 0. The van der Waals surface area contributed by atoms with Crippen LogP contribution < -0.4 is 10.2 Å². The van der Waals surface area contributed by atoms with Crippen molar-refractivity contribution in [1.82, 2.24) is 5.43 Å². The van der Waals surface area contributed by atoms with E-state index in [1.54, 1.807) is 6.92 Å². The summed E-state index contributed by atoms with van der Waals surface area (Å²) >= 11 is 7.49. The van der Waals surface area contributed by atoms with Crippen LogP contribution in [-0.4, -0.2) is 28.8 Å². The minimum Gasteiger partial charge on any atom is -0.500 e. The van der Waals surface area contributed by atoms with Crippen LogP contribution in [0.2, 0.25) is 5.02 Å². The van der Waals surface area contributed by atoms with E-state index in [1.165, 1.54) is 23.6 Å². The van der Waals surface area contributed by atoms with Gasteiger partial charge in [0.25, 0.3) is 5.91 Å². The molecular weight excluding hydrogens is 406 g/mol. The second-order valence-corrected chi connectivity index (χ2v) is 6.95. The lowest BCUT2D eigenvalue weighted by Gasteiger charge is -2.07. The molecule has 0 unspecified atom stereocenters. The van der Waals surface area contributed by atoms with E-state index < -0.39 is 22.3 Å². The van der Waals surface area contributed by atoms with Crippen molar-refractivity contribution in [3.05, 3.63) is 62.0 Å². The van der Waals surface area contributed by atoms with Gasteiger partial charge in [0.2, 0.25) is 5.75 Å². The highest BCUT2D eigenvalue weighted by Gasteiger charge is 2.20. The van der Waals surface area contributed by atoms with Gasteiger partial charge in [-0.25, -0.2) is 5.43 Å². The molecule has 1 amide bonds. The monoisotopic (exact) mass is 419 g/mol. The fourth-order valence-corrected chi connectivity index (χ4v) is 3.88. The van der Waals surface area contributed by atoms with Gasteiger partial charge in [0.15, 0.2) is 5.75 Å². The number of aromatic hydroxyl groups is 1. The summed E-state index contributed by atoms with van der Waals surface area (Å²) in [5, 5.41) is 25.9. The van der Waals surface area contributed by atoms with Crippen molar-refractivity contribution in [1.29, 1.82) is 0 Å². The zero-order valence-corrected chi connectivity index (χ0v) is 16.1. The average molecular weight is 420 g/mol. The minimum absolute atomic E-state index is 0.0444. The minimum atomic E-state index is -0.731. The number of rotatable bonds is 6. The number of nitro groups is 1. The highest BCUT2D eigenvalue weighted by atomic mass is 35.5. The number of hydrazone groups is 1. The highest BCUT2D eigenvalue weighted by Crippen LogP contribution is 2.37. The van der Waals surface area contributed by atoms with Gasteiger partial charge in [-0.1, -0.05) is 29.8 Å². The van der Waals surface area contributed by atoms with E-state index in [2.05, 4.69) is 10.5 Å². The van der Waals surface area contributed by atoms with Gasteiger partial charge in [0.05, 0.1) is 22.8 Å². The van der Waals surface area contributed by atoms with E-state index >= 15 is 0 Å². The Morgan fingerprint density at radius 3 is 2.86 bits per heavy atom. The molecule has 28 heavy (non-hydrogen) atoms. The predicted molar refractivity (Wildman–Crippen MR) is 108 cm³/mol. The van der Waals surface area contributed by atoms with E-state index in [-0.39, 0.29) is 17.9 Å². The summed E-state index contributed by atoms with van der Waals surface area (Å²) in [6.45, 7) is 1.90. The van der Waals surface area contributed by atoms with Crippen LogP contribution >= 0.6 is 22.9 Å². The molecule has 0 aliphatic carbocycles. The summed E-state index contributed by atoms with van der Waals surface area (Å²) in [6.07, 6.45) is 1.22. The first-order valence-electron chi connectivity index (χ1n) is 8.07. The van der Waals surface area contributed by atoms with Crippen molar-refractivity contribution in [2.45, 2.75) is 6.92 Å². The van der Waals surface area contributed by atoms with Crippen molar-refractivity contribution in [2.75, 3.05) is 6.61 Å². The lowest BCUT2D eigenvalue weighted by Crippen LogP contribution is -2.16. The van der Waals surface area contributed by atoms with Crippen LogP contribution in [0.4, 0.5) is 5.69 Å². The molecule has 0 atom stereocenters. The van der Waals surface area contributed by atoms with Gasteiger partial charge in [0.1, 0.15) is 4.88 Å². The van der Waals surface area contributed by atoms with Crippen LogP contribution in [0.25, 0.3) is 10.1 Å². The second kappa shape index (κ2) is 8.24. The van der Waals surface area contributed by atoms with Crippen molar-refractivity contribution in [3.8, 4) is 11.5 Å². The Bertz CT molecular complexity index is 1100. The van der Waals surface area contributed by atoms with Crippen LogP contribution in [0, 0.1) is 10.1 Å². The van der Waals surface area contributed by atoms with Gasteiger partial charge in [-0.15, -0.1) is 11.3 Å². The van der Waals surface area contributed by atoms with Crippen LogP contribution in [0.15, 0.2) is 41.5 Å². The Labute approximate surface area is 168 Å². The number of nitro benzene ring substituents is 1. The number of nitrogens with one attached hydrogen (secondary N) is 1. The maximum Gasteiger partial charge on any atom is 0.315 e. The second-order valence-electron chi connectivity index (χ2n) is 5.52. The van der Waals surface area contributed by atoms with Crippen molar-refractivity contribution >= 4 is 50.8 Å². The summed E-state index contributed by atoms with van der Waals surface area (Å²) in [5.74, 6) is -1.11. The molecule has 3 rings (SSSR count). The number of halogens is 1. The molecule has 0 saturated heterocycles. The number of amides is 1. The Kier molecular flexibility index (Phi) is 5.76. The fourth-order valence-electron chi connectivity index (χ4n) is 2.47. The molecule has 1 heterocycles. The molecule has 0 aliphatic heterocycles. The van der Waals surface area contributed by atoms with Crippen molar-refractivity contribution in [3.63, 3.8) is 0 Å². The molecule has 0 fully saturated rings. The van der Waals surface area contributed by atoms with Crippen LogP contribution in [-0.2, 0) is 0 Å². The zero-order valence-electron chi connectivity index (χ0n) is 14.5. The Hall–Kier alpha value is -3.17. The van der Waals surface area contributed by atoms with Gasteiger partial charge in [0, 0.05) is 21.7 Å². The summed E-state index contributed by atoms with van der Waals surface area (Å²) in [6, 6.07) is 9.86. The number of carbonyl (C=O) groups excluding carboxylic acids is 1. The number of carbonyl (C=O) groups is 1. The first-order valence-corrected chi connectivity index (χ1v) is 9.26. The molecule has 1 aromatic heterocycles. The SMILES string of the molecule is CCOc1cc(/C=N\NC(=O)c2sc3ccccc3c2Cl)cc([N+](=O)[O-])c1O. The largest absolute Gasteiger partial charge is 0.500 e. The topological polar surface area (TPSA) is 114 Å². The molecule has 8 nitrogen and oxygen atoms in total. The van der Waals surface area contributed by atoms with Gasteiger partial charge in [-0.05, 0) is 19.1 Å².